The van der Waals surface area contributed by atoms with Crippen LogP contribution in [0.15, 0.2) is 42.5 Å². The van der Waals surface area contributed by atoms with E-state index < -0.39 is 0 Å². The molecule has 2 heterocycles. The molecular weight excluding hydrogens is 396 g/mol. The summed E-state index contributed by atoms with van der Waals surface area (Å²) in [7, 11) is 0. The highest BCUT2D eigenvalue weighted by atomic mass is 16.3. The monoisotopic (exact) mass is 418 g/mol. The number of benzene rings is 2. The zero-order valence-corrected chi connectivity index (χ0v) is 17.4. The van der Waals surface area contributed by atoms with Gasteiger partial charge in [0.05, 0.1) is 16.9 Å². The third kappa shape index (κ3) is 4.72. The van der Waals surface area contributed by atoms with Crippen LogP contribution in [-0.4, -0.2) is 43.1 Å². The first-order valence-corrected chi connectivity index (χ1v) is 9.61. The maximum atomic E-state index is 11.9. The van der Waals surface area contributed by atoms with E-state index in [0.29, 0.717) is 12.2 Å². The van der Waals surface area contributed by atoms with Gasteiger partial charge >= 0.3 is 0 Å². The molecule has 0 bridgehead atoms. The van der Waals surface area contributed by atoms with Crippen molar-refractivity contribution < 1.29 is 14.7 Å². The van der Waals surface area contributed by atoms with Gasteiger partial charge in [-0.1, -0.05) is 37.3 Å². The minimum atomic E-state index is -0.250. The quantitative estimate of drug-likeness (QED) is 0.430. The van der Waals surface area contributed by atoms with Gasteiger partial charge in [-0.2, -0.15) is 5.21 Å². The molecule has 0 aliphatic rings. The molecule has 4 aromatic rings. The Kier molecular flexibility index (Phi) is 6.66. The number of carbonyl (C=O) groups excluding carboxylic acids is 1. The fraction of sp³-hybridized carbons (Fsp3) is 0.182. The number of nitrogens with one attached hydrogen (secondary N) is 2. The van der Waals surface area contributed by atoms with Crippen LogP contribution in [0.1, 0.15) is 24.5 Å². The largest absolute Gasteiger partial charge is 0.483 e. The fourth-order valence-corrected chi connectivity index (χ4v) is 3.23. The molecule has 4 rings (SSSR count). The summed E-state index contributed by atoms with van der Waals surface area (Å²) in [5.41, 5.74) is 6.60. The van der Waals surface area contributed by atoms with E-state index in [-0.39, 0.29) is 12.4 Å². The molecule has 158 valence electrons. The number of carbonyl (C=O) groups is 2. The zero-order valence-electron chi connectivity index (χ0n) is 17.4. The van der Waals surface area contributed by atoms with E-state index in [9.17, 15) is 4.79 Å². The number of aromatic amines is 1. The Labute approximate surface area is 178 Å². The molecule has 0 unspecified atom stereocenters. The number of H-pyrrole nitrogens is 1. The molecule has 9 nitrogen and oxygen atoms in total. The lowest BCUT2D eigenvalue weighted by molar-refractivity contribution is -0.123. The molecule has 0 saturated heterocycles. The van der Waals surface area contributed by atoms with Gasteiger partial charge in [0.25, 0.3) is 6.47 Å². The van der Waals surface area contributed by atoms with Crippen LogP contribution in [0.3, 0.4) is 0 Å². The van der Waals surface area contributed by atoms with Crippen molar-refractivity contribution >= 4 is 29.0 Å². The first kappa shape index (κ1) is 21.6. The van der Waals surface area contributed by atoms with Crippen LogP contribution >= 0.6 is 0 Å². The van der Waals surface area contributed by atoms with E-state index in [1.165, 1.54) is 0 Å². The maximum absolute atomic E-state index is 11.9. The second kappa shape index (κ2) is 9.57. The van der Waals surface area contributed by atoms with Crippen molar-refractivity contribution in [2.45, 2.75) is 27.2 Å². The Morgan fingerprint density at radius 2 is 1.77 bits per heavy atom. The van der Waals surface area contributed by atoms with Gasteiger partial charge < -0.3 is 10.4 Å². The molecule has 0 spiro atoms. The van der Waals surface area contributed by atoms with Crippen LogP contribution in [0.5, 0.6) is 0 Å². The number of amides is 1. The first-order chi connectivity index (χ1) is 15.0. The number of hydrogen-bond donors (Lipinski definition) is 3. The Morgan fingerprint density at radius 3 is 2.39 bits per heavy atom. The molecular formula is C22H22N6O3. The zero-order chi connectivity index (χ0) is 22.4. The second-order valence-corrected chi connectivity index (χ2v) is 6.80. The number of pyridine rings is 1. The maximum Gasteiger partial charge on any atom is 0.290 e. The van der Waals surface area contributed by atoms with Gasteiger partial charge in [0, 0.05) is 22.9 Å². The van der Waals surface area contributed by atoms with E-state index in [1.807, 2.05) is 63.2 Å². The number of tetrazole rings is 1. The number of rotatable bonds is 4. The number of fused-ring (bicyclic) bond motifs is 1. The van der Waals surface area contributed by atoms with Crippen molar-refractivity contribution in [1.82, 2.24) is 25.6 Å². The van der Waals surface area contributed by atoms with Crippen molar-refractivity contribution in [3.63, 3.8) is 0 Å². The molecule has 0 aliphatic heterocycles. The second-order valence-electron chi connectivity index (χ2n) is 6.80. The van der Waals surface area contributed by atoms with Crippen molar-refractivity contribution in [3.8, 4) is 22.6 Å². The van der Waals surface area contributed by atoms with Crippen molar-refractivity contribution in [3.05, 3.63) is 53.6 Å². The highest BCUT2D eigenvalue weighted by molar-refractivity contribution is 6.04. The molecule has 31 heavy (non-hydrogen) atoms. The average molecular weight is 418 g/mol. The van der Waals surface area contributed by atoms with E-state index in [1.54, 1.807) is 0 Å². The summed E-state index contributed by atoms with van der Waals surface area (Å²) in [6.07, 6.45) is 0.437. The summed E-state index contributed by atoms with van der Waals surface area (Å²) in [6, 6.07) is 13.9. The summed E-state index contributed by atoms with van der Waals surface area (Å²) in [4.78, 5) is 25.1. The van der Waals surface area contributed by atoms with E-state index in [0.717, 1.165) is 44.5 Å². The topological polar surface area (TPSA) is 134 Å². The standard InChI is InChI=1S/C21H20N6O.CH2O2/c1-4-18(28)22-16-10-5-12(2)20-19(16)13(3)11-17(23-20)14-6-8-15(9-7-14)21-24-26-27-25-21;2-1-3/h5-11H,4H2,1-3H3,(H,22,28)(H,24,25,26,27);1H,(H,2,3). The minimum Gasteiger partial charge on any atom is -0.483 e. The minimum absolute atomic E-state index is 0.00863. The molecule has 1 amide bonds. The molecule has 9 heteroatoms. The summed E-state index contributed by atoms with van der Waals surface area (Å²) in [5, 5.41) is 24.9. The third-order valence-electron chi connectivity index (χ3n) is 4.74. The van der Waals surface area contributed by atoms with Gasteiger partial charge in [0.15, 0.2) is 0 Å². The molecule has 3 N–H and O–H groups in total. The highest BCUT2D eigenvalue weighted by Gasteiger charge is 2.13. The van der Waals surface area contributed by atoms with Crippen LogP contribution in [-0.2, 0) is 9.59 Å². The van der Waals surface area contributed by atoms with Crippen molar-refractivity contribution in [2.75, 3.05) is 5.32 Å². The molecule has 2 aromatic carbocycles. The summed E-state index contributed by atoms with van der Waals surface area (Å²) in [6.45, 7) is 5.67. The van der Waals surface area contributed by atoms with E-state index in [4.69, 9.17) is 14.9 Å². The molecule has 0 saturated carbocycles. The van der Waals surface area contributed by atoms with Gasteiger partial charge in [0.2, 0.25) is 11.7 Å². The molecule has 0 atom stereocenters. The van der Waals surface area contributed by atoms with Gasteiger partial charge in [-0.25, -0.2) is 4.98 Å². The molecule has 0 radical (unpaired) electrons. The van der Waals surface area contributed by atoms with Gasteiger partial charge in [-0.15, -0.1) is 10.2 Å². The third-order valence-corrected chi connectivity index (χ3v) is 4.74. The molecule has 0 fully saturated rings. The van der Waals surface area contributed by atoms with Crippen molar-refractivity contribution in [1.29, 1.82) is 0 Å². The number of aromatic nitrogens is 5. The predicted octanol–water partition coefficient (Wildman–Crippen LogP) is 3.75. The summed E-state index contributed by atoms with van der Waals surface area (Å²) >= 11 is 0. The van der Waals surface area contributed by atoms with E-state index in [2.05, 4.69) is 25.9 Å². The average Bonchev–Trinajstić information content (AvgIpc) is 3.31. The van der Waals surface area contributed by atoms with Gasteiger partial charge in [-0.05, 0) is 42.3 Å². The van der Waals surface area contributed by atoms with Crippen LogP contribution in [0.4, 0.5) is 5.69 Å². The van der Waals surface area contributed by atoms with E-state index >= 15 is 0 Å². The molecule has 0 aliphatic carbocycles. The Bertz CT molecular complexity index is 1200. The number of aryl methyl sites for hydroxylation is 2. The first-order valence-electron chi connectivity index (χ1n) is 9.61. The summed E-state index contributed by atoms with van der Waals surface area (Å²) in [5.74, 6) is 0.548. The van der Waals surface area contributed by atoms with Crippen LogP contribution in [0.2, 0.25) is 0 Å². The fourth-order valence-electron chi connectivity index (χ4n) is 3.23. The van der Waals surface area contributed by atoms with Crippen LogP contribution in [0.25, 0.3) is 33.5 Å². The van der Waals surface area contributed by atoms with Gasteiger partial charge in [-0.3, -0.25) is 9.59 Å². The predicted molar refractivity (Wildman–Crippen MR) is 117 cm³/mol. The number of carboxylic acid groups (broad SMARTS) is 1. The lowest BCUT2D eigenvalue weighted by atomic mass is 10.0. The molecule has 2 aromatic heterocycles. The SMILES string of the molecule is CCC(=O)Nc1ccc(C)c2nc(-c3ccc(-c4nn[nH]n4)cc3)cc(C)c12.O=CO. The van der Waals surface area contributed by atoms with Crippen LogP contribution < -0.4 is 5.32 Å². The number of nitrogens with zero attached hydrogens (tertiary/aromatic N) is 4. The highest BCUT2D eigenvalue weighted by Crippen LogP contribution is 2.32. The smallest absolute Gasteiger partial charge is 0.290 e. The van der Waals surface area contributed by atoms with Crippen molar-refractivity contribution in [2.24, 2.45) is 0 Å². The Hall–Kier alpha value is -4.14. The number of hydrogen-bond acceptors (Lipinski definition) is 6. The summed E-state index contributed by atoms with van der Waals surface area (Å²) < 4.78 is 0. The lowest BCUT2D eigenvalue weighted by Crippen LogP contribution is -2.10. The Morgan fingerprint density at radius 1 is 1.10 bits per heavy atom. The van der Waals surface area contributed by atoms with Crippen LogP contribution in [0, 0.1) is 13.8 Å². The Balaban J connectivity index is 0.000000858. The normalized spacial score (nSPS) is 10.3. The number of anilines is 1. The lowest BCUT2D eigenvalue weighted by Gasteiger charge is -2.14. The van der Waals surface area contributed by atoms with Gasteiger partial charge in [0.1, 0.15) is 0 Å².